The molecule has 0 atom stereocenters. The second kappa shape index (κ2) is 7.45. The molecule has 118 valence electrons. The summed E-state index contributed by atoms with van der Waals surface area (Å²) in [6.07, 6.45) is 8.88. The van der Waals surface area contributed by atoms with E-state index in [1.54, 1.807) is 18.8 Å². The van der Waals surface area contributed by atoms with Crippen LogP contribution >= 0.6 is 0 Å². The van der Waals surface area contributed by atoms with E-state index in [2.05, 4.69) is 20.7 Å². The molecule has 1 aromatic rings. The third-order valence-corrected chi connectivity index (χ3v) is 4.32. The number of guanidine groups is 1. The van der Waals surface area contributed by atoms with E-state index < -0.39 is 0 Å². The Morgan fingerprint density at radius 2 is 2.29 bits per heavy atom. The molecule has 1 saturated carbocycles. The Morgan fingerprint density at radius 3 is 2.81 bits per heavy atom. The first kappa shape index (κ1) is 15.8. The maximum absolute atomic E-state index is 5.23. The minimum absolute atomic E-state index is 0.391. The molecule has 2 rings (SSSR count). The first-order chi connectivity index (χ1) is 10.2. The fourth-order valence-electron chi connectivity index (χ4n) is 2.75. The largest absolute Gasteiger partial charge is 0.385 e. The van der Waals surface area contributed by atoms with Crippen LogP contribution in [0.2, 0.25) is 0 Å². The lowest BCUT2D eigenvalue weighted by Gasteiger charge is -2.42. The maximum Gasteiger partial charge on any atom is 0.191 e. The van der Waals surface area contributed by atoms with Crippen LogP contribution in [0, 0.1) is 5.41 Å². The predicted octanol–water partition coefficient (Wildman–Crippen LogP) is 1.29. The number of aromatic nitrogens is 2. The molecule has 0 aromatic carbocycles. The summed E-state index contributed by atoms with van der Waals surface area (Å²) in [6, 6.07) is 0. The number of hydrogen-bond donors (Lipinski definition) is 2. The molecular weight excluding hydrogens is 266 g/mol. The number of aliphatic imine (C=N–C) groups is 1. The number of rotatable bonds is 7. The molecule has 6 nitrogen and oxygen atoms in total. The van der Waals surface area contributed by atoms with Crippen LogP contribution in [-0.2, 0) is 18.3 Å². The van der Waals surface area contributed by atoms with E-state index in [0.717, 1.165) is 37.6 Å². The molecule has 1 fully saturated rings. The van der Waals surface area contributed by atoms with Crippen molar-refractivity contribution in [2.24, 2.45) is 17.5 Å². The number of aryl methyl sites for hydroxylation is 1. The van der Waals surface area contributed by atoms with Gasteiger partial charge in [0.05, 0.1) is 6.20 Å². The van der Waals surface area contributed by atoms with Gasteiger partial charge < -0.3 is 15.4 Å². The van der Waals surface area contributed by atoms with Crippen molar-refractivity contribution < 1.29 is 4.74 Å². The van der Waals surface area contributed by atoms with Gasteiger partial charge in [0.2, 0.25) is 0 Å². The van der Waals surface area contributed by atoms with Gasteiger partial charge in [-0.05, 0) is 24.7 Å². The lowest BCUT2D eigenvalue weighted by atomic mass is 9.67. The van der Waals surface area contributed by atoms with Gasteiger partial charge in [-0.1, -0.05) is 6.42 Å². The van der Waals surface area contributed by atoms with E-state index in [-0.39, 0.29) is 0 Å². The molecule has 1 aliphatic rings. The van der Waals surface area contributed by atoms with Crippen molar-refractivity contribution in [3.8, 4) is 0 Å². The second-order valence-electron chi connectivity index (χ2n) is 5.90. The van der Waals surface area contributed by atoms with Gasteiger partial charge >= 0.3 is 0 Å². The van der Waals surface area contributed by atoms with Crippen LogP contribution in [0.25, 0.3) is 0 Å². The molecule has 1 heterocycles. The van der Waals surface area contributed by atoms with Gasteiger partial charge in [0.25, 0.3) is 0 Å². The highest BCUT2D eigenvalue weighted by Crippen LogP contribution is 2.43. The average molecular weight is 293 g/mol. The smallest absolute Gasteiger partial charge is 0.191 e. The van der Waals surface area contributed by atoms with Crippen LogP contribution < -0.4 is 10.6 Å². The Balaban J connectivity index is 1.77. The van der Waals surface area contributed by atoms with Crippen molar-refractivity contribution in [3.63, 3.8) is 0 Å². The zero-order chi connectivity index (χ0) is 15.1. The Hall–Kier alpha value is -1.56. The fraction of sp³-hybridized carbons (Fsp3) is 0.733. The Labute approximate surface area is 127 Å². The SMILES string of the molecule is CN=C(NCc1cnn(C)c1)NCC1(CCOC)CCC1. The van der Waals surface area contributed by atoms with Crippen molar-refractivity contribution in [2.75, 3.05) is 27.3 Å². The summed E-state index contributed by atoms with van der Waals surface area (Å²) in [4.78, 5) is 4.29. The normalized spacial score (nSPS) is 17.4. The first-order valence-electron chi connectivity index (χ1n) is 7.58. The Bertz CT molecular complexity index is 464. The summed E-state index contributed by atoms with van der Waals surface area (Å²) in [5.41, 5.74) is 1.54. The van der Waals surface area contributed by atoms with Crippen molar-refractivity contribution in [3.05, 3.63) is 18.0 Å². The Kier molecular flexibility index (Phi) is 5.61. The average Bonchev–Trinajstić information content (AvgIpc) is 2.86. The molecule has 0 saturated heterocycles. The molecule has 0 spiro atoms. The van der Waals surface area contributed by atoms with Crippen molar-refractivity contribution >= 4 is 5.96 Å². The second-order valence-corrected chi connectivity index (χ2v) is 5.90. The quantitative estimate of drug-likeness (QED) is 0.587. The molecule has 0 amide bonds. The molecule has 1 aromatic heterocycles. The van der Waals surface area contributed by atoms with Crippen LogP contribution in [0.4, 0.5) is 0 Å². The number of ether oxygens (including phenoxy) is 1. The van der Waals surface area contributed by atoms with Crippen molar-refractivity contribution in [2.45, 2.75) is 32.2 Å². The van der Waals surface area contributed by atoms with Gasteiger partial charge in [-0.25, -0.2) is 0 Å². The predicted molar refractivity (Wildman–Crippen MR) is 84.2 cm³/mol. The third kappa shape index (κ3) is 4.46. The van der Waals surface area contributed by atoms with E-state index in [1.807, 2.05) is 19.4 Å². The number of nitrogens with zero attached hydrogens (tertiary/aromatic N) is 3. The van der Waals surface area contributed by atoms with E-state index in [9.17, 15) is 0 Å². The van der Waals surface area contributed by atoms with E-state index in [0.29, 0.717) is 5.41 Å². The highest BCUT2D eigenvalue weighted by atomic mass is 16.5. The number of nitrogens with one attached hydrogen (secondary N) is 2. The summed E-state index contributed by atoms with van der Waals surface area (Å²) < 4.78 is 7.04. The molecule has 0 aliphatic heterocycles. The molecule has 0 unspecified atom stereocenters. The zero-order valence-corrected chi connectivity index (χ0v) is 13.4. The van der Waals surface area contributed by atoms with Crippen LogP contribution in [0.3, 0.4) is 0 Å². The van der Waals surface area contributed by atoms with Gasteiger partial charge in [-0.3, -0.25) is 9.67 Å². The summed E-state index contributed by atoms with van der Waals surface area (Å²) in [5.74, 6) is 0.850. The third-order valence-electron chi connectivity index (χ3n) is 4.32. The minimum atomic E-state index is 0.391. The van der Waals surface area contributed by atoms with Crippen molar-refractivity contribution in [1.29, 1.82) is 0 Å². The lowest BCUT2D eigenvalue weighted by Crippen LogP contribution is -2.46. The molecule has 0 radical (unpaired) electrons. The van der Waals surface area contributed by atoms with Crippen LogP contribution in [0.15, 0.2) is 17.4 Å². The van der Waals surface area contributed by atoms with E-state index >= 15 is 0 Å². The fourth-order valence-corrected chi connectivity index (χ4v) is 2.75. The number of methoxy groups -OCH3 is 1. The lowest BCUT2D eigenvalue weighted by molar-refractivity contribution is 0.0732. The topological polar surface area (TPSA) is 63.5 Å². The molecule has 2 N–H and O–H groups in total. The zero-order valence-electron chi connectivity index (χ0n) is 13.4. The summed E-state index contributed by atoms with van der Waals surface area (Å²) in [7, 11) is 5.50. The molecule has 6 heteroatoms. The Morgan fingerprint density at radius 1 is 1.48 bits per heavy atom. The van der Waals surface area contributed by atoms with E-state index in [4.69, 9.17) is 4.74 Å². The summed E-state index contributed by atoms with van der Waals surface area (Å²) in [5, 5.41) is 10.9. The molecule has 21 heavy (non-hydrogen) atoms. The van der Waals surface area contributed by atoms with Gasteiger partial charge in [0.15, 0.2) is 5.96 Å². The highest BCUT2D eigenvalue weighted by Gasteiger charge is 2.36. The van der Waals surface area contributed by atoms with Crippen LogP contribution in [0.1, 0.15) is 31.2 Å². The first-order valence-corrected chi connectivity index (χ1v) is 7.58. The van der Waals surface area contributed by atoms with Crippen molar-refractivity contribution in [1.82, 2.24) is 20.4 Å². The van der Waals surface area contributed by atoms with Crippen LogP contribution in [0.5, 0.6) is 0 Å². The van der Waals surface area contributed by atoms with Gasteiger partial charge in [0, 0.05) is 52.7 Å². The molecular formula is C15H27N5O. The summed E-state index contributed by atoms with van der Waals surface area (Å²) in [6.45, 7) is 2.53. The van der Waals surface area contributed by atoms with Gasteiger partial charge in [0.1, 0.15) is 0 Å². The summed E-state index contributed by atoms with van der Waals surface area (Å²) >= 11 is 0. The standard InChI is InChI=1S/C15H27N5O/c1-16-14(17-9-13-10-19-20(2)11-13)18-12-15(5-4-6-15)7-8-21-3/h10-11H,4-9,12H2,1-3H3,(H2,16,17,18). The van der Waals surface area contributed by atoms with Gasteiger partial charge in [-0.15, -0.1) is 0 Å². The molecule has 0 bridgehead atoms. The minimum Gasteiger partial charge on any atom is -0.385 e. The maximum atomic E-state index is 5.23. The monoisotopic (exact) mass is 293 g/mol. The van der Waals surface area contributed by atoms with Crippen LogP contribution in [-0.4, -0.2) is 43.0 Å². The molecule has 1 aliphatic carbocycles. The number of hydrogen-bond acceptors (Lipinski definition) is 3. The highest BCUT2D eigenvalue weighted by molar-refractivity contribution is 5.79. The van der Waals surface area contributed by atoms with E-state index in [1.165, 1.54) is 19.3 Å². The van der Waals surface area contributed by atoms with Gasteiger partial charge in [-0.2, -0.15) is 5.10 Å².